The Kier molecular flexibility index (Phi) is 5.88. The largest absolute Gasteiger partial charge is 0.496 e. The van der Waals surface area contributed by atoms with Crippen molar-refractivity contribution in [2.24, 2.45) is 7.05 Å². The number of rotatable bonds is 8. The van der Waals surface area contributed by atoms with E-state index >= 15 is 0 Å². The number of nitrogens with one attached hydrogen (secondary N) is 1. The Balaban J connectivity index is 1.44. The molecule has 172 valence electrons. The molecule has 2 N–H and O–H groups in total. The first-order chi connectivity index (χ1) is 16.0. The van der Waals surface area contributed by atoms with E-state index < -0.39 is 6.23 Å². The fraction of sp³-hybridized carbons (Fsp3) is 0.348. The molecule has 1 aromatic carbocycles. The fourth-order valence-corrected chi connectivity index (χ4v) is 4.87. The van der Waals surface area contributed by atoms with Crippen LogP contribution in [0.4, 0.5) is 11.6 Å². The summed E-state index contributed by atoms with van der Waals surface area (Å²) < 4.78 is 14.3. The highest BCUT2D eigenvalue weighted by Gasteiger charge is 2.23. The molecular weight excluding hydrogens is 440 g/mol. The predicted octanol–water partition coefficient (Wildman–Crippen LogP) is 3.56. The van der Waals surface area contributed by atoms with Gasteiger partial charge < -0.3 is 19.9 Å². The molecule has 0 spiro atoms. The summed E-state index contributed by atoms with van der Waals surface area (Å²) in [6.07, 6.45) is 5.97. The SMILES string of the molecule is COc1cc(OCC(O)N2CCC2)ccc1-c1c(C)sc2cnc(Nc3cnn(C)c3)nc12. The van der Waals surface area contributed by atoms with Crippen LogP contribution in [0, 0.1) is 6.92 Å². The van der Waals surface area contributed by atoms with Crippen molar-refractivity contribution in [2.75, 3.05) is 32.1 Å². The highest BCUT2D eigenvalue weighted by atomic mass is 32.1. The van der Waals surface area contributed by atoms with Gasteiger partial charge in [0.1, 0.15) is 24.3 Å². The van der Waals surface area contributed by atoms with Gasteiger partial charge in [-0.3, -0.25) is 9.58 Å². The molecule has 9 nitrogen and oxygen atoms in total. The number of fused-ring (bicyclic) bond motifs is 1. The van der Waals surface area contributed by atoms with Crippen molar-refractivity contribution >= 4 is 33.2 Å². The van der Waals surface area contributed by atoms with E-state index in [1.54, 1.807) is 29.3 Å². The topological polar surface area (TPSA) is 97.6 Å². The average Bonchev–Trinajstić information content (AvgIpc) is 3.32. The summed E-state index contributed by atoms with van der Waals surface area (Å²) in [6, 6.07) is 5.74. The molecule has 0 saturated carbocycles. The van der Waals surface area contributed by atoms with Crippen molar-refractivity contribution < 1.29 is 14.6 Å². The number of aliphatic hydroxyl groups excluding tert-OH is 1. The van der Waals surface area contributed by atoms with Crippen LogP contribution >= 0.6 is 11.3 Å². The molecule has 1 unspecified atom stereocenters. The lowest BCUT2D eigenvalue weighted by Gasteiger charge is -2.34. The monoisotopic (exact) mass is 466 g/mol. The normalized spacial score (nSPS) is 14.8. The Morgan fingerprint density at radius 2 is 2.12 bits per heavy atom. The Morgan fingerprint density at radius 1 is 1.27 bits per heavy atom. The van der Waals surface area contributed by atoms with Gasteiger partial charge in [0, 0.05) is 48.4 Å². The third kappa shape index (κ3) is 4.37. The van der Waals surface area contributed by atoms with E-state index in [-0.39, 0.29) is 6.61 Å². The highest BCUT2D eigenvalue weighted by Crippen LogP contribution is 2.42. The maximum absolute atomic E-state index is 10.2. The minimum atomic E-state index is -0.588. The number of hydrogen-bond acceptors (Lipinski definition) is 9. The van der Waals surface area contributed by atoms with Crippen molar-refractivity contribution in [3.63, 3.8) is 0 Å². The van der Waals surface area contributed by atoms with E-state index in [0.29, 0.717) is 17.4 Å². The lowest BCUT2D eigenvalue weighted by atomic mass is 10.0. The molecule has 0 amide bonds. The van der Waals surface area contributed by atoms with Crippen molar-refractivity contribution in [3.8, 4) is 22.6 Å². The zero-order chi connectivity index (χ0) is 22.9. The van der Waals surface area contributed by atoms with Crippen LogP contribution in [0.1, 0.15) is 11.3 Å². The molecule has 10 heteroatoms. The lowest BCUT2D eigenvalue weighted by molar-refractivity contribution is -0.0588. The number of benzene rings is 1. The van der Waals surface area contributed by atoms with E-state index in [0.717, 1.165) is 51.4 Å². The third-order valence-electron chi connectivity index (χ3n) is 5.72. The number of hydrogen-bond donors (Lipinski definition) is 2. The Labute approximate surface area is 195 Å². The standard InChI is InChI=1S/C23H26N6O3S/c1-14-21(22-19(33-14)11-24-23(27-22)26-15-10-25-28(2)12-15)17-6-5-16(9-18(17)31-3)32-13-20(30)29-7-4-8-29/h5-6,9-12,20,30H,4,7-8,13H2,1-3H3,(H,24,26,27). The number of ether oxygens (including phenoxy) is 2. The molecule has 33 heavy (non-hydrogen) atoms. The molecule has 3 aromatic heterocycles. The number of likely N-dealkylation sites (tertiary alicyclic amines) is 1. The van der Waals surface area contributed by atoms with Gasteiger partial charge >= 0.3 is 0 Å². The minimum absolute atomic E-state index is 0.222. The highest BCUT2D eigenvalue weighted by molar-refractivity contribution is 7.19. The van der Waals surface area contributed by atoms with Gasteiger partial charge in [-0.05, 0) is 25.5 Å². The molecule has 0 radical (unpaired) electrons. The van der Waals surface area contributed by atoms with Gasteiger partial charge in [0.2, 0.25) is 5.95 Å². The average molecular weight is 467 g/mol. The molecule has 4 aromatic rings. The molecule has 4 heterocycles. The van der Waals surface area contributed by atoms with Gasteiger partial charge in [-0.15, -0.1) is 11.3 Å². The van der Waals surface area contributed by atoms with Crippen molar-refractivity contribution in [1.82, 2.24) is 24.6 Å². The Morgan fingerprint density at radius 3 is 2.82 bits per heavy atom. The summed E-state index contributed by atoms with van der Waals surface area (Å²) in [7, 11) is 3.51. The van der Waals surface area contributed by atoms with Gasteiger partial charge in [-0.2, -0.15) is 5.10 Å². The van der Waals surface area contributed by atoms with Crippen LogP contribution in [0.25, 0.3) is 21.3 Å². The van der Waals surface area contributed by atoms with Crippen molar-refractivity contribution in [1.29, 1.82) is 0 Å². The molecule has 0 aliphatic carbocycles. The number of aryl methyl sites for hydroxylation is 2. The molecule has 5 rings (SSSR count). The summed E-state index contributed by atoms with van der Waals surface area (Å²) in [5.74, 6) is 1.85. The summed E-state index contributed by atoms with van der Waals surface area (Å²) in [5, 5.41) is 17.6. The van der Waals surface area contributed by atoms with E-state index in [9.17, 15) is 5.11 Å². The number of aromatic nitrogens is 4. The third-order valence-corrected chi connectivity index (χ3v) is 6.75. The van der Waals surface area contributed by atoms with Crippen LogP contribution in [0.5, 0.6) is 11.5 Å². The lowest BCUT2D eigenvalue weighted by Crippen LogP contribution is -2.47. The van der Waals surface area contributed by atoms with E-state index in [2.05, 4.69) is 22.3 Å². The van der Waals surface area contributed by atoms with Crippen LogP contribution in [-0.2, 0) is 7.05 Å². The van der Waals surface area contributed by atoms with Crippen LogP contribution in [0.2, 0.25) is 0 Å². The number of anilines is 2. The first-order valence-corrected chi connectivity index (χ1v) is 11.6. The summed E-state index contributed by atoms with van der Waals surface area (Å²) in [4.78, 5) is 12.4. The molecule has 1 atom stereocenters. The Hall–Kier alpha value is -3.21. The smallest absolute Gasteiger partial charge is 0.227 e. The minimum Gasteiger partial charge on any atom is -0.496 e. The quantitative estimate of drug-likeness (QED) is 0.407. The second kappa shape index (κ2) is 8.97. The fourth-order valence-electron chi connectivity index (χ4n) is 3.88. The summed E-state index contributed by atoms with van der Waals surface area (Å²) in [5.41, 5.74) is 3.63. The van der Waals surface area contributed by atoms with Crippen LogP contribution < -0.4 is 14.8 Å². The molecule has 1 aliphatic heterocycles. The van der Waals surface area contributed by atoms with Gasteiger partial charge in [-0.1, -0.05) is 0 Å². The van der Waals surface area contributed by atoms with Gasteiger partial charge in [0.15, 0.2) is 0 Å². The molecule has 1 fully saturated rings. The van der Waals surface area contributed by atoms with E-state index in [1.807, 2.05) is 42.5 Å². The van der Waals surface area contributed by atoms with Gasteiger partial charge in [0.05, 0.1) is 35.4 Å². The number of nitrogens with zero attached hydrogens (tertiary/aromatic N) is 5. The Bertz CT molecular complexity index is 1280. The maximum Gasteiger partial charge on any atom is 0.227 e. The molecule has 1 saturated heterocycles. The second-order valence-electron chi connectivity index (χ2n) is 8.01. The first-order valence-electron chi connectivity index (χ1n) is 10.8. The molecule has 1 aliphatic rings. The number of thiophene rings is 1. The second-order valence-corrected chi connectivity index (χ2v) is 9.27. The number of aliphatic hydroxyl groups is 1. The predicted molar refractivity (Wildman–Crippen MR) is 128 cm³/mol. The molecule has 0 bridgehead atoms. The van der Waals surface area contributed by atoms with Crippen LogP contribution in [0.3, 0.4) is 0 Å². The molecular formula is C23H26N6O3S. The van der Waals surface area contributed by atoms with Gasteiger partial charge in [-0.25, -0.2) is 9.97 Å². The first kappa shape index (κ1) is 21.6. The van der Waals surface area contributed by atoms with E-state index in [4.69, 9.17) is 14.5 Å². The zero-order valence-corrected chi connectivity index (χ0v) is 19.6. The van der Waals surface area contributed by atoms with Crippen molar-refractivity contribution in [2.45, 2.75) is 19.6 Å². The summed E-state index contributed by atoms with van der Waals surface area (Å²) >= 11 is 1.65. The zero-order valence-electron chi connectivity index (χ0n) is 18.8. The van der Waals surface area contributed by atoms with Crippen molar-refractivity contribution in [3.05, 3.63) is 41.7 Å². The van der Waals surface area contributed by atoms with Crippen LogP contribution in [-0.4, -0.2) is 62.8 Å². The number of methoxy groups -OCH3 is 1. The van der Waals surface area contributed by atoms with Crippen LogP contribution in [0.15, 0.2) is 36.8 Å². The van der Waals surface area contributed by atoms with Gasteiger partial charge in [0.25, 0.3) is 0 Å². The summed E-state index contributed by atoms with van der Waals surface area (Å²) in [6.45, 7) is 4.12. The maximum atomic E-state index is 10.2. The van der Waals surface area contributed by atoms with E-state index in [1.165, 1.54) is 0 Å².